The zero-order valence-corrected chi connectivity index (χ0v) is 14.4. The maximum Gasteiger partial charge on any atom is 0.243 e. The summed E-state index contributed by atoms with van der Waals surface area (Å²) in [6.07, 6.45) is 2.52. The van der Waals surface area contributed by atoms with Gasteiger partial charge in [0.05, 0.1) is 10.6 Å². The van der Waals surface area contributed by atoms with E-state index in [0.717, 1.165) is 12.3 Å². The average molecular weight is 349 g/mol. The summed E-state index contributed by atoms with van der Waals surface area (Å²) in [5.74, 6) is -0.704. The molecule has 0 spiro atoms. The van der Waals surface area contributed by atoms with E-state index in [2.05, 4.69) is 0 Å². The van der Waals surface area contributed by atoms with E-state index >= 15 is 0 Å². The Labute approximate surface area is 131 Å². The lowest BCUT2D eigenvalue weighted by molar-refractivity contribution is 0.347. The largest absolute Gasteiger partial charge is 0.243 e. The van der Waals surface area contributed by atoms with Gasteiger partial charge in [0.1, 0.15) is 15.7 Å². The highest BCUT2D eigenvalue weighted by atomic mass is 32.2. The number of aryl methyl sites for hydroxylation is 1. The van der Waals surface area contributed by atoms with E-state index in [0.29, 0.717) is 12.8 Å². The van der Waals surface area contributed by atoms with Gasteiger partial charge < -0.3 is 0 Å². The number of benzene rings is 1. The topological polar surface area (TPSA) is 71.5 Å². The highest BCUT2D eigenvalue weighted by Crippen LogP contribution is 2.34. The van der Waals surface area contributed by atoms with Crippen molar-refractivity contribution in [2.45, 2.75) is 43.7 Å². The number of rotatable bonds is 6. The predicted molar refractivity (Wildman–Crippen MR) is 82.4 cm³/mol. The summed E-state index contributed by atoms with van der Waals surface area (Å²) in [6.45, 7) is 3.09. The molecular weight excluding hydrogens is 329 g/mol. The summed E-state index contributed by atoms with van der Waals surface area (Å²) in [6, 6.07) is 2.80. The normalized spacial score (nSPS) is 17.7. The quantitative estimate of drug-likeness (QED) is 0.784. The molecule has 1 fully saturated rings. The number of halogens is 1. The van der Waals surface area contributed by atoms with Crippen LogP contribution in [0.15, 0.2) is 23.1 Å². The van der Waals surface area contributed by atoms with E-state index in [1.807, 2.05) is 0 Å². The van der Waals surface area contributed by atoms with Crippen molar-refractivity contribution in [2.24, 2.45) is 0 Å². The Hall–Kier alpha value is -0.990. The van der Waals surface area contributed by atoms with Crippen molar-refractivity contribution in [2.75, 3.05) is 12.0 Å². The summed E-state index contributed by atoms with van der Waals surface area (Å²) in [4.78, 5) is -0.00125. The molecule has 0 heterocycles. The fourth-order valence-electron chi connectivity index (χ4n) is 2.53. The second kappa shape index (κ2) is 5.90. The molecule has 0 saturated heterocycles. The minimum atomic E-state index is -3.85. The number of sulfone groups is 1. The fraction of sp³-hybridized carbons (Fsp3) is 0.571. The van der Waals surface area contributed by atoms with Gasteiger partial charge in [0.15, 0.2) is 0 Å². The number of sulfonamides is 1. The van der Waals surface area contributed by atoms with Crippen LogP contribution in [0.3, 0.4) is 0 Å². The SMILES string of the molecule is Cc1cc(S(=O)(=O)N(C2CC2)[C@@H](C)CS(C)(=O)=O)ccc1F. The summed E-state index contributed by atoms with van der Waals surface area (Å²) in [7, 11) is -7.14. The van der Waals surface area contributed by atoms with Crippen molar-refractivity contribution in [1.29, 1.82) is 0 Å². The third-order valence-electron chi connectivity index (χ3n) is 3.59. The zero-order valence-electron chi connectivity index (χ0n) is 12.8. The van der Waals surface area contributed by atoms with Crippen LogP contribution in [0.2, 0.25) is 0 Å². The van der Waals surface area contributed by atoms with Crippen molar-refractivity contribution >= 4 is 19.9 Å². The van der Waals surface area contributed by atoms with Crippen LogP contribution in [0.25, 0.3) is 0 Å². The first kappa shape index (κ1) is 17.4. The molecule has 1 aliphatic rings. The maximum absolute atomic E-state index is 13.4. The van der Waals surface area contributed by atoms with Crippen LogP contribution in [0.4, 0.5) is 4.39 Å². The smallest absolute Gasteiger partial charge is 0.229 e. The summed E-state index contributed by atoms with van der Waals surface area (Å²) in [5.41, 5.74) is 0.243. The molecule has 22 heavy (non-hydrogen) atoms. The molecule has 1 aromatic carbocycles. The number of hydrogen-bond acceptors (Lipinski definition) is 4. The molecule has 5 nitrogen and oxygen atoms in total. The molecule has 2 rings (SSSR count). The average Bonchev–Trinajstić information content (AvgIpc) is 3.14. The van der Waals surface area contributed by atoms with Crippen molar-refractivity contribution in [1.82, 2.24) is 4.31 Å². The maximum atomic E-state index is 13.4. The Morgan fingerprint density at radius 3 is 2.32 bits per heavy atom. The monoisotopic (exact) mass is 349 g/mol. The third-order valence-corrected chi connectivity index (χ3v) is 6.74. The lowest BCUT2D eigenvalue weighted by Gasteiger charge is -2.28. The molecule has 0 N–H and O–H groups in total. The second-order valence-corrected chi connectivity index (χ2v) is 9.95. The Balaban J connectivity index is 2.40. The molecule has 1 aromatic rings. The van der Waals surface area contributed by atoms with Crippen LogP contribution in [-0.2, 0) is 19.9 Å². The van der Waals surface area contributed by atoms with Gasteiger partial charge in [-0.2, -0.15) is 4.31 Å². The van der Waals surface area contributed by atoms with Gasteiger partial charge in [0, 0.05) is 18.3 Å². The molecule has 0 aromatic heterocycles. The molecule has 0 bridgehead atoms. The lowest BCUT2D eigenvalue weighted by atomic mass is 10.2. The van der Waals surface area contributed by atoms with E-state index < -0.39 is 31.7 Å². The van der Waals surface area contributed by atoms with Gasteiger partial charge in [-0.05, 0) is 50.5 Å². The number of nitrogens with zero attached hydrogens (tertiary/aromatic N) is 1. The third kappa shape index (κ3) is 3.85. The van der Waals surface area contributed by atoms with E-state index in [1.54, 1.807) is 6.92 Å². The van der Waals surface area contributed by atoms with Crippen molar-refractivity contribution in [3.63, 3.8) is 0 Å². The molecule has 124 valence electrons. The van der Waals surface area contributed by atoms with Crippen molar-refractivity contribution in [3.05, 3.63) is 29.6 Å². The van der Waals surface area contributed by atoms with E-state index in [4.69, 9.17) is 0 Å². The van der Waals surface area contributed by atoms with Gasteiger partial charge in [0.25, 0.3) is 0 Å². The summed E-state index contributed by atoms with van der Waals surface area (Å²) < 4.78 is 63.2. The summed E-state index contributed by atoms with van der Waals surface area (Å²) >= 11 is 0. The van der Waals surface area contributed by atoms with Crippen LogP contribution >= 0.6 is 0 Å². The molecular formula is C14H20FNO4S2. The molecule has 1 aliphatic carbocycles. The zero-order chi connectivity index (χ0) is 16.7. The van der Waals surface area contributed by atoms with Gasteiger partial charge >= 0.3 is 0 Å². The van der Waals surface area contributed by atoms with Crippen LogP contribution < -0.4 is 0 Å². The highest BCUT2D eigenvalue weighted by Gasteiger charge is 2.42. The molecule has 0 aliphatic heterocycles. The van der Waals surface area contributed by atoms with Crippen LogP contribution in [0, 0.1) is 12.7 Å². The Morgan fingerprint density at radius 2 is 1.86 bits per heavy atom. The Morgan fingerprint density at radius 1 is 1.27 bits per heavy atom. The Kier molecular flexibility index (Phi) is 4.66. The van der Waals surface area contributed by atoms with Gasteiger partial charge in [0.2, 0.25) is 10.0 Å². The summed E-state index contributed by atoms with van der Waals surface area (Å²) in [5, 5.41) is 0. The first-order valence-corrected chi connectivity index (χ1v) is 10.5. The van der Waals surface area contributed by atoms with Gasteiger partial charge in [-0.25, -0.2) is 21.2 Å². The van der Waals surface area contributed by atoms with Crippen LogP contribution in [-0.4, -0.2) is 45.2 Å². The first-order valence-electron chi connectivity index (χ1n) is 7.00. The van der Waals surface area contributed by atoms with Gasteiger partial charge in [-0.15, -0.1) is 0 Å². The van der Waals surface area contributed by atoms with Crippen molar-refractivity contribution < 1.29 is 21.2 Å². The molecule has 0 radical (unpaired) electrons. The number of hydrogen-bond donors (Lipinski definition) is 0. The lowest BCUT2D eigenvalue weighted by Crippen LogP contribution is -2.43. The minimum absolute atomic E-state index is 0.00125. The second-order valence-electron chi connectivity index (χ2n) is 5.92. The standard InChI is InChI=1S/C14H20FNO4S2/c1-10-8-13(6-7-14(10)15)22(19,20)16(12-4-5-12)11(2)9-21(3,17)18/h6-8,11-12H,4-5,9H2,1-3H3/t11-/m0/s1. The Bertz CT molecular complexity index is 770. The molecule has 1 atom stereocenters. The van der Waals surface area contributed by atoms with Crippen molar-refractivity contribution in [3.8, 4) is 0 Å². The predicted octanol–water partition coefficient (Wildman–Crippen LogP) is 1.72. The van der Waals surface area contributed by atoms with E-state index in [1.165, 1.54) is 23.4 Å². The minimum Gasteiger partial charge on any atom is -0.229 e. The fourth-order valence-corrected chi connectivity index (χ4v) is 5.63. The molecule has 1 saturated carbocycles. The molecule has 8 heteroatoms. The molecule has 0 unspecified atom stereocenters. The highest BCUT2D eigenvalue weighted by molar-refractivity contribution is 7.91. The van der Waals surface area contributed by atoms with Gasteiger partial charge in [-0.1, -0.05) is 0 Å². The first-order chi connectivity index (χ1) is 10.0. The van der Waals surface area contributed by atoms with E-state index in [9.17, 15) is 21.2 Å². The molecule has 0 amide bonds. The van der Waals surface area contributed by atoms with E-state index in [-0.39, 0.29) is 22.3 Å². The van der Waals surface area contributed by atoms with Gasteiger partial charge in [-0.3, -0.25) is 0 Å². The van der Waals surface area contributed by atoms with Crippen LogP contribution in [0.1, 0.15) is 25.3 Å². The van der Waals surface area contributed by atoms with Crippen LogP contribution in [0.5, 0.6) is 0 Å².